The van der Waals surface area contributed by atoms with E-state index >= 15 is 0 Å². The molecule has 0 aliphatic heterocycles. The van der Waals surface area contributed by atoms with E-state index in [1.165, 1.54) is 12.8 Å². The molecule has 0 saturated heterocycles. The molecule has 1 aromatic carbocycles. The summed E-state index contributed by atoms with van der Waals surface area (Å²) in [4.78, 5) is 17.3. The van der Waals surface area contributed by atoms with Crippen LogP contribution in [0.4, 0.5) is 0 Å². The van der Waals surface area contributed by atoms with Crippen LogP contribution in [0.1, 0.15) is 47.4 Å². The predicted molar refractivity (Wildman–Crippen MR) is 104 cm³/mol. The van der Waals surface area contributed by atoms with E-state index < -0.39 is 0 Å². The fraction of sp³-hybridized carbons (Fsp3) is 0.333. The normalized spacial score (nSPS) is 14.2. The second kappa shape index (κ2) is 5.74. The van der Waals surface area contributed by atoms with Crippen LogP contribution in [0.15, 0.2) is 23.0 Å². The minimum atomic E-state index is 0.557. The molecule has 0 bridgehead atoms. The molecule has 1 aliphatic rings. The highest BCUT2D eigenvalue weighted by Crippen LogP contribution is 2.42. The van der Waals surface area contributed by atoms with Gasteiger partial charge in [-0.05, 0) is 58.2 Å². The Hall–Kier alpha value is -3.02. The highest BCUT2D eigenvalue weighted by molar-refractivity contribution is 5.97. The van der Waals surface area contributed by atoms with Crippen molar-refractivity contribution in [3.63, 3.8) is 0 Å². The first-order valence-corrected chi connectivity index (χ1v) is 9.28. The van der Waals surface area contributed by atoms with Gasteiger partial charge in [0.15, 0.2) is 0 Å². The van der Waals surface area contributed by atoms with Crippen LogP contribution in [0.3, 0.4) is 0 Å². The number of nitrogens with zero attached hydrogens (tertiary/aromatic N) is 4. The topological polar surface area (TPSA) is 80.5 Å². The van der Waals surface area contributed by atoms with Crippen LogP contribution in [-0.4, -0.2) is 25.1 Å². The van der Waals surface area contributed by atoms with Crippen molar-refractivity contribution < 1.29 is 4.52 Å². The van der Waals surface area contributed by atoms with Crippen LogP contribution in [0.5, 0.6) is 0 Å². The van der Waals surface area contributed by atoms with Gasteiger partial charge in [0.25, 0.3) is 0 Å². The van der Waals surface area contributed by atoms with Gasteiger partial charge < -0.3 is 9.51 Å². The van der Waals surface area contributed by atoms with Crippen molar-refractivity contribution in [2.45, 2.75) is 46.5 Å². The number of hydrogen-bond donors (Lipinski definition) is 1. The van der Waals surface area contributed by atoms with Gasteiger partial charge in [-0.25, -0.2) is 15.0 Å². The Morgan fingerprint density at radius 3 is 2.33 bits per heavy atom. The van der Waals surface area contributed by atoms with E-state index in [4.69, 9.17) is 9.51 Å². The van der Waals surface area contributed by atoms with E-state index in [0.29, 0.717) is 5.92 Å². The maximum absolute atomic E-state index is 5.41. The number of aromatic nitrogens is 5. The quantitative estimate of drug-likeness (QED) is 0.569. The summed E-state index contributed by atoms with van der Waals surface area (Å²) >= 11 is 0. The average Bonchev–Trinajstić information content (AvgIpc) is 3.30. The molecule has 6 heteroatoms. The maximum Gasteiger partial charge on any atom is 0.141 e. The summed E-state index contributed by atoms with van der Waals surface area (Å²) in [5.41, 5.74) is 9.02. The number of H-pyrrole nitrogens is 1. The molecular weight excluding hydrogens is 338 g/mol. The van der Waals surface area contributed by atoms with Crippen LogP contribution in [0.25, 0.3) is 33.3 Å². The lowest BCUT2D eigenvalue weighted by Gasteiger charge is -2.11. The van der Waals surface area contributed by atoms with Crippen LogP contribution in [0.2, 0.25) is 0 Å². The zero-order valence-corrected chi connectivity index (χ0v) is 15.9. The van der Waals surface area contributed by atoms with Crippen LogP contribution >= 0.6 is 0 Å². The number of rotatable bonds is 3. The maximum atomic E-state index is 5.41. The van der Waals surface area contributed by atoms with E-state index in [-0.39, 0.29) is 0 Å². The fourth-order valence-electron chi connectivity index (χ4n) is 3.90. The highest BCUT2D eigenvalue weighted by Gasteiger charge is 2.28. The van der Waals surface area contributed by atoms with E-state index in [1.54, 1.807) is 6.33 Å². The SMILES string of the molecule is Cc1ncnc(C)c1-c1cc(-c2c(C)noc2C)cc2[nH]c(C3CC3)nc12. The molecule has 0 spiro atoms. The van der Waals surface area contributed by atoms with Crippen molar-refractivity contribution in [3.8, 4) is 22.3 Å². The first-order valence-electron chi connectivity index (χ1n) is 9.28. The van der Waals surface area contributed by atoms with E-state index in [9.17, 15) is 0 Å². The third-order valence-electron chi connectivity index (χ3n) is 5.39. The number of benzene rings is 1. The van der Waals surface area contributed by atoms with Crippen molar-refractivity contribution in [2.75, 3.05) is 0 Å². The van der Waals surface area contributed by atoms with Crippen LogP contribution < -0.4 is 0 Å². The lowest BCUT2D eigenvalue weighted by Crippen LogP contribution is -1.96. The third-order valence-corrected chi connectivity index (χ3v) is 5.39. The number of hydrogen-bond acceptors (Lipinski definition) is 5. The van der Waals surface area contributed by atoms with Gasteiger partial charge in [0, 0.05) is 34.0 Å². The molecule has 3 heterocycles. The minimum absolute atomic E-state index is 0.557. The van der Waals surface area contributed by atoms with Gasteiger partial charge in [-0.1, -0.05) is 5.16 Å². The molecule has 136 valence electrons. The lowest BCUT2D eigenvalue weighted by molar-refractivity contribution is 0.393. The molecule has 3 aromatic heterocycles. The molecular formula is C21H21N5O. The Labute approximate surface area is 157 Å². The van der Waals surface area contributed by atoms with Gasteiger partial charge >= 0.3 is 0 Å². The van der Waals surface area contributed by atoms with Gasteiger partial charge in [-0.15, -0.1) is 0 Å². The van der Waals surface area contributed by atoms with Crippen molar-refractivity contribution >= 4 is 11.0 Å². The largest absolute Gasteiger partial charge is 0.361 e. The molecule has 1 fully saturated rings. The van der Waals surface area contributed by atoms with Crippen molar-refractivity contribution in [1.82, 2.24) is 25.1 Å². The van der Waals surface area contributed by atoms with Gasteiger partial charge in [0.1, 0.15) is 17.9 Å². The Morgan fingerprint density at radius 2 is 1.70 bits per heavy atom. The number of aromatic amines is 1. The van der Waals surface area contributed by atoms with Crippen molar-refractivity contribution in [3.05, 3.63) is 47.1 Å². The van der Waals surface area contributed by atoms with Crippen molar-refractivity contribution in [1.29, 1.82) is 0 Å². The summed E-state index contributed by atoms with van der Waals surface area (Å²) in [6.45, 7) is 7.96. The summed E-state index contributed by atoms with van der Waals surface area (Å²) in [5.74, 6) is 2.45. The molecule has 5 rings (SSSR count). The Morgan fingerprint density at radius 1 is 0.963 bits per heavy atom. The minimum Gasteiger partial charge on any atom is -0.361 e. The molecule has 1 N–H and O–H groups in total. The van der Waals surface area contributed by atoms with E-state index in [1.807, 2.05) is 27.7 Å². The fourth-order valence-corrected chi connectivity index (χ4v) is 3.90. The van der Waals surface area contributed by atoms with Crippen LogP contribution in [-0.2, 0) is 0 Å². The molecule has 0 amide bonds. The second-order valence-electron chi connectivity index (χ2n) is 7.43. The zero-order chi connectivity index (χ0) is 18.7. The monoisotopic (exact) mass is 359 g/mol. The Balaban J connectivity index is 1.84. The Kier molecular flexibility index (Phi) is 3.44. The summed E-state index contributed by atoms with van der Waals surface area (Å²) in [6, 6.07) is 4.32. The predicted octanol–water partition coefficient (Wildman–Crippen LogP) is 4.79. The highest BCUT2D eigenvalue weighted by atomic mass is 16.5. The first-order chi connectivity index (χ1) is 13.0. The number of fused-ring (bicyclic) bond motifs is 1. The average molecular weight is 359 g/mol. The summed E-state index contributed by atoms with van der Waals surface area (Å²) in [6.07, 6.45) is 4.03. The van der Waals surface area contributed by atoms with Crippen molar-refractivity contribution in [2.24, 2.45) is 0 Å². The van der Waals surface area contributed by atoms with E-state index in [0.717, 1.165) is 62.0 Å². The molecule has 1 aliphatic carbocycles. The summed E-state index contributed by atoms with van der Waals surface area (Å²) in [7, 11) is 0. The standard InChI is InChI=1S/C21H21N5O/c1-10-18(11(2)23-9-22-10)16-7-15(19-12(3)26-27-13(19)4)8-17-20(16)25-21(24-17)14-5-6-14/h7-9,14H,5-6H2,1-4H3,(H,24,25). The lowest BCUT2D eigenvalue weighted by atomic mass is 9.95. The third kappa shape index (κ3) is 2.55. The second-order valence-corrected chi connectivity index (χ2v) is 7.43. The van der Waals surface area contributed by atoms with Gasteiger partial charge in [-0.3, -0.25) is 0 Å². The number of aryl methyl sites for hydroxylation is 4. The molecule has 0 unspecified atom stereocenters. The molecule has 0 radical (unpaired) electrons. The number of nitrogens with one attached hydrogen (secondary N) is 1. The van der Waals surface area contributed by atoms with Gasteiger partial charge in [0.2, 0.25) is 0 Å². The number of imidazole rings is 1. The summed E-state index contributed by atoms with van der Waals surface area (Å²) < 4.78 is 5.41. The molecule has 0 atom stereocenters. The molecule has 6 nitrogen and oxygen atoms in total. The molecule has 4 aromatic rings. The smallest absolute Gasteiger partial charge is 0.141 e. The Bertz CT molecular complexity index is 1140. The summed E-state index contributed by atoms with van der Waals surface area (Å²) in [5, 5.41) is 4.13. The van der Waals surface area contributed by atoms with Crippen LogP contribution in [0, 0.1) is 27.7 Å². The zero-order valence-electron chi connectivity index (χ0n) is 15.9. The first kappa shape index (κ1) is 16.2. The van der Waals surface area contributed by atoms with Gasteiger partial charge in [-0.2, -0.15) is 0 Å². The van der Waals surface area contributed by atoms with Gasteiger partial charge in [0.05, 0.1) is 16.7 Å². The molecule has 1 saturated carbocycles. The molecule has 27 heavy (non-hydrogen) atoms. The van der Waals surface area contributed by atoms with E-state index in [2.05, 4.69) is 32.2 Å².